The number of H-pyrrole nitrogens is 1. The average Bonchev–Trinajstić information content (AvgIpc) is 3.24. The van der Waals surface area contributed by atoms with E-state index in [1.165, 1.54) is 40.9 Å². The van der Waals surface area contributed by atoms with E-state index < -0.39 is 0 Å². The summed E-state index contributed by atoms with van der Waals surface area (Å²) < 4.78 is 12.8. The third-order valence-corrected chi connectivity index (χ3v) is 5.19. The minimum atomic E-state index is -0.329. The number of nitrogens with zero attached hydrogens (tertiary/aromatic N) is 2. The van der Waals surface area contributed by atoms with Crippen molar-refractivity contribution in [1.29, 1.82) is 0 Å². The molecule has 2 aromatic heterocycles. The number of nitrogens with one attached hydrogen (secondary N) is 1. The summed E-state index contributed by atoms with van der Waals surface area (Å²) in [7, 11) is 0. The molecular weight excluding hydrogens is 345 g/mol. The molecule has 3 rings (SSSR count). The number of benzene rings is 1. The highest BCUT2D eigenvalue weighted by atomic mass is 32.2. The third kappa shape index (κ3) is 4.75. The molecule has 0 fully saturated rings. The first-order valence-corrected chi connectivity index (χ1v) is 9.42. The number of hydrogen-bond acceptors (Lipinski definition) is 5. The second-order valence-electron chi connectivity index (χ2n) is 5.20. The van der Waals surface area contributed by atoms with E-state index in [2.05, 4.69) is 21.2 Å². The highest BCUT2D eigenvalue weighted by Gasteiger charge is 2.08. The van der Waals surface area contributed by atoms with Crippen LogP contribution in [-0.2, 0) is 6.42 Å². The van der Waals surface area contributed by atoms with Crippen LogP contribution in [0.25, 0.3) is 0 Å². The molecule has 124 valence electrons. The van der Waals surface area contributed by atoms with Gasteiger partial charge in [-0.1, -0.05) is 17.8 Å². The molecule has 2 heterocycles. The molecule has 0 bridgehead atoms. The van der Waals surface area contributed by atoms with Gasteiger partial charge in [0.2, 0.25) is 5.16 Å². The molecule has 0 aliphatic carbocycles. The Kier molecular flexibility index (Phi) is 5.77. The summed E-state index contributed by atoms with van der Waals surface area (Å²) >= 11 is 3.23. The molecule has 1 aromatic carbocycles. The van der Waals surface area contributed by atoms with Crippen molar-refractivity contribution in [2.24, 2.45) is 0 Å². The van der Waals surface area contributed by atoms with Crippen molar-refractivity contribution in [3.8, 4) is 0 Å². The van der Waals surface area contributed by atoms with Gasteiger partial charge in [0.05, 0.1) is 0 Å². The standard InChI is InChI=1S/C17H16FN3OS2/c18-13-7-5-12(6-8-13)15(22)4-2-10-24-17-19-16(20-21-17)11-14-3-1-9-23-14/h1,3,5-9H,2,4,10-11H2,(H,19,20,21). The predicted octanol–water partition coefficient (Wildman–Crippen LogP) is 4.35. The lowest BCUT2D eigenvalue weighted by molar-refractivity contribution is 0.0982. The minimum Gasteiger partial charge on any atom is -0.294 e. The van der Waals surface area contributed by atoms with Crippen LogP contribution in [-0.4, -0.2) is 26.7 Å². The Hall–Kier alpha value is -1.99. The summed E-state index contributed by atoms with van der Waals surface area (Å²) in [6.45, 7) is 0. The van der Waals surface area contributed by atoms with Crippen LogP contribution < -0.4 is 0 Å². The van der Waals surface area contributed by atoms with Gasteiger partial charge in [0.1, 0.15) is 11.6 Å². The average molecular weight is 361 g/mol. The van der Waals surface area contributed by atoms with Crippen LogP contribution in [0, 0.1) is 5.82 Å². The number of thiophene rings is 1. The van der Waals surface area contributed by atoms with Crippen molar-refractivity contribution < 1.29 is 9.18 Å². The molecule has 0 aliphatic heterocycles. The lowest BCUT2D eigenvalue weighted by atomic mass is 10.1. The van der Waals surface area contributed by atoms with E-state index in [-0.39, 0.29) is 11.6 Å². The molecule has 4 nitrogen and oxygen atoms in total. The maximum Gasteiger partial charge on any atom is 0.208 e. The number of hydrogen-bond donors (Lipinski definition) is 1. The van der Waals surface area contributed by atoms with Gasteiger partial charge in [-0.2, -0.15) is 0 Å². The zero-order valence-corrected chi connectivity index (χ0v) is 14.5. The smallest absolute Gasteiger partial charge is 0.208 e. The maximum absolute atomic E-state index is 12.8. The lowest BCUT2D eigenvalue weighted by Gasteiger charge is -2.00. The van der Waals surface area contributed by atoms with Gasteiger partial charge < -0.3 is 0 Å². The van der Waals surface area contributed by atoms with Gasteiger partial charge >= 0.3 is 0 Å². The van der Waals surface area contributed by atoms with Crippen LogP contribution in [0.15, 0.2) is 46.9 Å². The molecule has 1 N–H and O–H groups in total. The van der Waals surface area contributed by atoms with Crippen LogP contribution in [0.2, 0.25) is 0 Å². The number of Topliss-reactive ketones (excluding diaryl/α,β-unsaturated/α-hetero) is 1. The SMILES string of the molecule is O=C(CCCSc1n[nH]c(Cc2cccs2)n1)c1ccc(F)cc1. The van der Waals surface area contributed by atoms with E-state index in [1.54, 1.807) is 11.3 Å². The number of ketones is 1. The van der Waals surface area contributed by atoms with Crippen molar-refractivity contribution >= 4 is 28.9 Å². The van der Waals surface area contributed by atoms with Gasteiger partial charge in [-0.15, -0.1) is 16.4 Å². The molecule has 0 radical (unpaired) electrons. The third-order valence-electron chi connectivity index (χ3n) is 3.38. The molecule has 3 aromatic rings. The molecule has 0 saturated heterocycles. The molecule has 0 aliphatic rings. The zero-order chi connectivity index (χ0) is 16.8. The van der Waals surface area contributed by atoms with Crippen molar-refractivity contribution in [2.45, 2.75) is 24.4 Å². The highest BCUT2D eigenvalue weighted by molar-refractivity contribution is 7.99. The summed E-state index contributed by atoms with van der Waals surface area (Å²) in [4.78, 5) is 17.7. The molecular formula is C17H16FN3OS2. The van der Waals surface area contributed by atoms with Crippen molar-refractivity contribution in [1.82, 2.24) is 15.2 Å². The van der Waals surface area contributed by atoms with Gasteiger partial charge in [-0.3, -0.25) is 9.89 Å². The molecule has 0 atom stereocenters. The zero-order valence-electron chi connectivity index (χ0n) is 12.9. The van der Waals surface area contributed by atoms with Crippen molar-refractivity contribution in [3.63, 3.8) is 0 Å². The molecule has 0 unspecified atom stereocenters. The Morgan fingerprint density at radius 2 is 2.08 bits per heavy atom. The summed E-state index contributed by atoms with van der Waals surface area (Å²) in [6, 6.07) is 9.76. The predicted molar refractivity (Wildman–Crippen MR) is 94.2 cm³/mol. The molecule has 24 heavy (non-hydrogen) atoms. The normalized spacial score (nSPS) is 10.9. The summed E-state index contributed by atoms with van der Waals surface area (Å²) in [5.74, 6) is 1.32. The highest BCUT2D eigenvalue weighted by Crippen LogP contribution is 2.18. The minimum absolute atomic E-state index is 0.0315. The number of halogens is 1. The molecule has 0 amide bonds. The van der Waals surface area contributed by atoms with E-state index in [0.29, 0.717) is 17.1 Å². The monoisotopic (exact) mass is 361 g/mol. The Labute approximate surface area is 147 Å². The first kappa shape index (κ1) is 16.9. The van der Waals surface area contributed by atoms with E-state index >= 15 is 0 Å². The Morgan fingerprint density at radius 3 is 2.83 bits per heavy atom. The largest absolute Gasteiger partial charge is 0.294 e. The van der Waals surface area contributed by atoms with Crippen molar-refractivity contribution in [3.05, 3.63) is 63.9 Å². The van der Waals surface area contributed by atoms with E-state index in [0.717, 1.165) is 24.4 Å². The van der Waals surface area contributed by atoms with E-state index in [4.69, 9.17) is 0 Å². The maximum atomic E-state index is 12.8. The fourth-order valence-electron chi connectivity index (χ4n) is 2.18. The topological polar surface area (TPSA) is 58.6 Å². The van der Waals surface area contributed by atoms with E-state index in [9.17, 15) is 9.18 Å². The summed E-state index contributed by atoms with van der Waals surface area (Å²) in [5, 5.41) is 9.88. The van der Waals surface area contributed by atoms with Gasteiger partial charge in [-0.25, -0.2) is 9.37 Å². The second-order valence-corrected chi connectivity index (χ2v) is 7.30. The number of aromatic amines is 1. The van der Waals surface area contributed by atoms with Crippen LogP contribution in [0.1, 0.15) is 33.9 Å². The van der Waals surface area contributed by atoms with Crippen LogP contribution >= 0.6 is 23.1 Å². The molecule has 0 spiro atoms. The number of aromatic nitrogens is 3. The van der Waals surface area contributed by atoms with Gasteiger partial charge in [-0.05, 0) is 42.1 Å². The summed E-state index contributed by atoms with van der Waals surface area (Å²) in [6.07, 6.45) is 1.93. The number of carbonyl (C=O) groups is 1. The van der Waals surface area contributed by atoms with Crippen molar-refractivity contribution in [2.75, 3.05) is 5.75 Å². The first-order valence-electron chi connectivity index (χ1n) is 7.56. The fourth-order valence-corrected chi connectivity index (χ4v) is 3.64. The van der Waals surface area contributed by atoms with E-state index in [1.807, 2.05) is 11.4 Å². The van der Waals surface area contributed by atoms with Gasteiger partial charge in [0.25, 0.3) is 0 Å². The van der Waals surface area contributed by atoms with Crippen LogP contribution in [0.4, 0.5) is 4.39 Å². The second kappa shape index (κ2) is 8.21. The van der Waals surface area contributed by atoms with Gasteiger partial charge in [0.15, 0.2) is 5.78 Å². The first-order chi connectivity index (χ1) is 11.7. The Morgan fingerprint density at radius 1 is 1.25 bits per heavy atom. The number of thioether (sulfide) groups is 1. The molecule has 7 heteroatoms. The lowest BCUT2D eigenvalue weighted by Crippen LogP contribution is -1.99. The fraction of sp³-hybridized carbons (Fsp3) is 0.235. The van der Waals surface area contributed by atoms with Gasteiger partial charge in [0, 0.05) is 29.0 Å². The van der Waals surface area contributed by atoms with Crippen LogP contribution in [0.5, 0.6) is 0 Å². The Balaban J connectivity index is 1.41. The molecule has 0 saturated carbocycles. The summed E-state index contributed by atoms with van der Waals surface area (Å²) in [5.41, 5.74) is 0.553. The number of rotatable bonds is 8. The van der Waals surface area contributed by atoms with Crippen LogP contribution in [0.3, 0.4) is 0 Å². The Bertz CT molecular complexity index is 785. The number of carbonyl (C=O) groups excluding carboxylic acids is 1. The quantitative estimate of drug-likeness (QED) is 0.368.